The van der Waals surface area contributed by atoms with Gasteiger partial charge in [0.15, 0.2) is 0 Å². The number of aliphatic carboxylic acids is 1. The van der Waals surface area contributed by atoms with E-state index in [-0.39, 0.29) is 18.2 Å². The molecule has 25 heavy (non-hydrogen) atoms. The average Bonchev–Trinajstić information content (AvgIpc) is 2.54. The molecule has 2 aliphatic rings. The van der Waals surface area contributed by atoms with Crippen molar-refractivity contribution in [2.45, 2.75) is 45.1 Å². The summed E-state index contributed by atoms with van der Waals surface area (Å²) in [6.07, 6.45) is 5.67. The van der Waals surface area contributed by atoms with E-state index >= 15 is 0 Å². The highest BCUT2D eigenvalue weighted by atomic mass is 16.4. The average molecular weight is 344 g/mol. The molecule has 2 fully saturated rings. The minimum Gasteiger partial charge on any atom is -0.481 e. The van der Waals surface area contributed by atoms with Crippen molar-refractivity contribution in [3.8, 4) is 0 Å². The molecule has 3 rings (SSSR count). The first-order chi connectivity index (χ1) is 12.1. The predicted molar refractivity (Wildman–Crippen MR) is 96.1 cm³/mol. The molecule has 0 bridgehead atoms. The molecule has 0 aromatic heterocycles. The van der Waals surface area contributed by atoms with Gasteiger partial charge in [0.05, 0.1) is 6.42 Å². The Bertz CT molecular complexity index is 587. The van der Waals surface area contributed by atoms with Gasteiger partial charge in [0.1, 0.15) is 0 Å². The van der Waals surface area contributed by atoms with Crippen LogP contribution < -0.4 is 5.32 Å². The lowest BCUT2D eigenvalue weighted by atomic mass is 9.84. The summed E-state index contributed by atoms with van der Waals surface area (Å²) in [7, 11) is 0. The summed E-state index contributed by atoms with van der Waals surface area (Å²) in [5, 5.41) is 11.9. The van der Waals surface area contributed by atoms with Gasteiger partial charge < -0.3 is 10.4 Å². The van der Waals surface area contributed by atoms with Gasteiger partial charge in [-0.15, -0.1) is 0 Å². The molecule has 136 valence electrons. The highest BCUT2D eigenvalue weighted by molar-refractivity contribution is 5.79. The summed E-state index contributed by atoms with van der Waals surface area (Å²) >= 11 is 0. The monoisotopic (exact) mass is 344 g/mol. The lowest BCUT2D eigenvalue weighted by Gasteiger charge is -2.32. The molecule has 1 aliphatic heterocycles. The second-order valence-electron chi connectivity index (χ2n) is 7.48. The molecule has 2 N–H and O–H groups in total. The standard InChI is InChI=1S/C20H28N2O3/c23-19(24)12-15-4-6-17(7-5-15)14-22-10-8-16(9-11-22)13-21-20(25)18-2-1-3-18/h4-7,16,18H,1-3,8-14H2,(H,21,25)(H,23,24). The number of benzene rings is 1. The van der Waals surface area contributed by atoms with E-state index in [2.05, 4.69) is 10.2 Å². The van der Waals surface area contributed by atoms with Crippen LogP contribution in [0.3, 0.4) is 0 Å². The molecular weight excluding hydrogens is 316 g/mol. The normalized spacial score (nSPS) is 19.4. The van der Waals surface area contributed by atoms with Crippen LogP contribution in [0.1, 0.15) is 43.2 Å². The Morgan fingerprint density at radius 2 is 1.68 bits per heavy atom. The van der Waals surface area contributed by atoms with E-state index in [1.54, 1.807) is 0 Å². The summed E-state index contributed by atoms with van der Waals surface area (Å²) in [5.74, 6) is 0.344. The van der Waals surface area contributed by atoms with Gasteiger partial charge in [0.25, 0.3) is 0 Å². The molecule has 1 aliphatic carbocycles. The zero-order valence-electron chi connectivity index (χ0n) is 14.7. The van der Waals surface area contributed by atoms with Crippen LogP contribution in [0, 0.1) is 11.8 Å². The van der Waals surface area contributed by atoms with Crippen molar-refractivity contribution in [2.24, 2.45) is 11.8 Å². The molecule has 0 radical (unpaired) electrons. The number of rotatable bonds is 7. The number of carbonyl (C=O) groups excluding carboxylic acids is 1. The van der Waals surface area contributed by atoms with Crippen LogP contribution in [0.15, 0.2) is 24.3 Å². The van der Waals surface area contributed by atoms with Gasteiger partial charge in [-0.1, -0.05) is 30.7 Å². The minimum atomic E-state index is -0.792. The van der Waals surface area contributed by atoms with Crippen molar-refractivity contribution >= 4 is 11.9 Å². The Morgan fingerprint density at radius 3 is 2.24 bits per heavy atom. The molecule has 1 amide bonds. The fourth-order valence-electron chi connectivity index (χ4n) is 3.60. The van der Waals surface area contributed by atoms with Gasteiger partial charge in [-0.2, -0.15) is 0 Å². The van der Waals surface area contributed by atoms with Crippen LogP contribution in [-0.2, 0) is 22.6 Å². The van der Waals surface area contributed by atoms with Crippen molar-refractivity contribution in [1.82, 2.24) is 10.2 Å². The van der Waals surface area contributed by atoms with Gasteiger partial charge >= 0.3 is 5.97 Å². The first-order valence-corrected chi connectivity index (χ1v) is 9.40. The van der Waals surface area contributed by atoms with Crippen LogP contribution in [0.2, 0.25) is 0 Å². The second-order valence-corrected chi connectivity index (χ2v) is 7.48. The van der Waals surface area contributed by atoms with Gasteiger partial charge in [0, 0.05) is 19.0 Å². The van der Waals surface area contributed by atoms with E-state index in [0.717, 1.165) is 57.4 Å². The number of carboxylic acids is 1. The van der Waals surface area contributed by atoms with Gasteiger partial charge in [0.2, 0.25) is 5.91 Å². The number of amides is 1. The van der Waals surface area contributed by atoms with Crippen LogP contribution in [0.5, 0.6) is 0 Å². The van der Waals surface area contributed by atoms with Gasteiger partial charge in [-0.25, -0.2) is 0 Å². The molecule has 5 heteroatoms. The molecule has 0 spiro atoms. The SMILES string of the molecule is O=C(O)Cc1ccc(CN2CCC(CNC(=O)C3CCC3)CC2)cc1. The van der Waals surface area contributed by atoms with E-state index in [4.69, 9.17) is 5.11 Å². The quantitative estimate of drug-likeness (QED) is 0.797. The van der Waals surface area contributed by atoms with Crippen LogP contribution in [0.25, 0.3) is 0 Å². The van der Waals surface area contributed by atoms with Gasteiger partial charge in [-0.05, 0) is 55.8 Å². The number of carbonyl (C=O) groups is 2. The fraction of sp³-hybridized carbons (Fsp3) is 0.600. The highest BCUT2D eigenvalue weighted by Crippen LogP contribution is 2.26. The van der Waals surface area contributed by atoms with Gasteiger partial charge in [-0.3, -0.25) is 14.5 Å². The summed E-state index contributed by atoms with van der Waals surface area (Å²) < 4.78 is 0. The van der Waals surface area contributed by atoms with Crippen molar-refractivity contribution < 1.29 is 14.7 Å². The Morgan fingerprint density at radius 1 is 1.04 bits per heavy atom. The number of nitrogens with zero attached hydrogens (tertiary/aromatic N) is 1. The third kappa shape index (κ3) is 5.30. The first kappa shape index (κ1) is 17.9. The molecule has 0 atom stereocenters. The number of hydrogen-bond acceptors (Lipinski definition) is 3. The smallest absolute Gasteiger partial charge is 0.307 e. The highest BCUT2D eigenvalue weighted by Gasteiger charge is 2.26. The molecule has 1 heterocycles. The third-order valence-electron chi connectivity index (χ3n) is 5.53. The molecular formula is C20H28N2O3. The zero-order chi connectivity index (χ0) is 17.6. The Kier molecular flexibility index (Phi) is 6.08. The maximum absolute atomic E-state index is 11.9. The molecule has 1 aromatic carbocycles. The summed E-state index contributed by atoms with van der Waals surface area (Å²) in [6, 6.07) is 7.88. The number of likely N-dealkylation sites (tertiary alicyclic amines) is 1. The molecule has 1 saturated carbocycles. The van der Waals surface area contributed by atoms with E-state index < -0.39 is 5.97 Å². The van der Waals surface area contributed by atoms with E-state index in [9.17, 15) is 9.59 Å². The maximum Gasteiger partial charge on any atom is 0.307 e. The minimum absolute atomic E-state index is 0.0816. The molecule has 1 aromatic rings. The fourth-order valence-corrected chi connectivity index (χ4v) is 3.60. The number of piperidine rings is 1. The Hall–Kier alpha value is -1.88. The topological polar surface area (TPSA) is 69.6 Å². The Labute approximate surface area is 149 Å². The zero-order valence-corrected chi connectivity index (χ0v) is 14.7. The number of hydrogen-bond donors (Lipinski definition) is 2. The van der Waals surface area contributed by atoms with Crippen LogP contribution >= 0.6 is 0 Å². The van der Waals surface area contributed by atoms with Crippen LogP contribution in [-0.4, -0.2) is 41.5 Å². The third-order valence-corrected chi connectivity index (χ3v) is 5.53. The van der Waals surface area contributed by atoms with Crippen molar-refractivity contribution in [3.63, 3.8) is 0 Å². The largest absolute Gasteiger partial charge is 0.481 e. The second kappa shape index (κ2) is 8.48. The maximum atomic E-state index is 11.9. The lowest BCUT2D eigenvalue weighted by Crippen LogP contribution is -2.41. The lowest BCUT2D eigenvalue weighted by molar-refractivity contribution is -0.136. The van der Waals surface area contributed by atoms with Crippen molar-refractivity contribution in [2.75, 3.05) is 19.6 Å². The van der Waals surface area contributed by atoms with E-state index in [0.29, 0.717) is 5.92 Å². The predicted octanol–water partition coefficient (Wildman–Crippen LogP) is 2.44. The molecule has 1 saturated heterocycles. The van der Waals surface area contributed by atoms with Crippen LogP contribution in [0.4, 0.5) is 0 Å². The first-order valence-electron chi connectivity index (χ1n) is 9.40. The summed E-state index contributed by atoms with van der Waals surface area (Å²) in [6.45, 7) is 3.85. The van der Waals surface area contributed by atoms with Crippen molar-refractivity contribution in [3.05, 3.63) is 35.4 Å². The van der Waals surface area contributed by atoms with E-state index in [1.807, 2.05) is 24.3 Å². The summed E-state index contributed by atoms with van der Waals surface area (Å²) in [5.41, 5.74) is 2.07. The number of carboxylic acid groups (broad SMARTS) is 1. The summed E-state index contributed by atoms with van der Waals surface area (Å²) in [4.78, 5) is 25.1. The Balaban J connectivity index is 1.37. The van der Waals surface area contributed by atoms with Crippen molar-refractivity contribution in [1.29, 1.82) is 0 Å². The molecule has 5 nitrogen and oxygen atoms in total. The van der Waals surface area contributed by atoms with E-state index in [1.165, 1.54) is 12.0 Å². The number of nitrogens with one attached hydrogen (secondary N) is 1. The molecule has 0 unspecified atom stereocenters.